The summed E-state index contributed by atoms with van der Waals surface area (Å²) in [5.41, 5.74) is 1.98. The highest BCUT2D eigenvalue weighted by Gasteiger charge is 2.41. The lowest BCUT2D eigenvalue weighted by atomic mass is 9.90. The molecule has 2 saturated heterocycles. The normalized spacial score (nSPS) is 26.6. The maximum Gasteiger partial charge on any atom is 0.225 e. The van der Waals surface area contributed by atoms with Crippen molar-refractivity contribution in [2.75, 3.05) is 18.4 Å². The van der Waals surface area contributed by atoms with Gasteiger partial charge in [-0.1, -0.05) is 44.7 Å². The topological polar surface area (TPSA) is 58.6 Å². The van der Waals surface area contributed by atoms with E-state index in [1.165, 1.54) is 12.8 Å². The number of rotatable bonds is 7. The van der Waals surface area contributed by atoms with Crippen LogP contribution in [0.15, 0.2) is 24.3 Å². The molecular weight excluding hydrogens is 376 g/mol. The van der Waals surface area contributed by atoms with Gasteiger partial charge in [-0.25, -0.2) is 0 Å². The summed E-state index contributed by atoms with van der Waals surface area (Å²) in [4.78, 5) is 27.1. The number of anilines is 1. The molecule has 1 aromatic carbocycles. The Morgan fingerprint density at radius 1 is 1.17 bits per heavy atom. The fourth-order valence-corrected chi connectivity index (χ4v) is 5.38. The van der Waals surface area contributed by atoms with E-state index in [-0.39, 0.29) is 24.0 Å². The van der Waals surface area contributed by atoms with E-state index in [0.717, 1.165) is 69.3 Å². The fourth-order valence-electron chi connectivity index (χ4n) is 5.38. The Morgan fingerprint density at radius 2 is 2.00 bits per heavy atom. The minimum absolute atomic E-state index is 0.0541. The van der Waals surface area contributed by atoms with Gasteiger partial charge in [-0.2, -0.15) is 0 Å². The zero-order valence-corrected chi connectivity index (χ0v) is 18.3. The second-order valence-corrected chi connectivity index (χ2v) is 9.34. The van der Waals surface area contributed by atoms with Crippen molar-refractivity contribution >= 4 is 17.5 Å². The van der Waals surface area contributed by atoms with Crippen LogP contribution in [0.25, 0.3) is 0 Å². The summed E-state index contributed by atoms with van der Waals surface area (Å²) in [6.45, 7) is 3.81. The number of nitrogens with zero attached hydrogens (tertiary/aromatic N) is 1. The number of carbonyl (C=O) groups excluding carboxylic acids is 2. The Labute approximate surface area is 180 Å². The molecule has 0 bridgehead atoms. The zero-order chi connectivity index (χ0) is 20.9. The molecule has 0 spiro atoms. The van der Waals surface area contributed by atoms with Gasteiger partial charge < -0.3 is 15.0 Å². The number of amides is 2. The molecule has 3 aliphatic rings. The molecule has 2 amide bonds. The molecule has 5 nitrogen and oxygen atoms in total. The number of ether oxygens (including phenoxy) is 1. The van der Waals surface area contributed by atoms with Crippen molar-refractivity contribution in [2.45, 2.75) is 83.3 Å². The van der Waals surface area contributed by atoms with Gasteiger partial charge in [-0.05, 0) is 49.8 Å². The van der Waals surface area contributed by atoms with Crippen LogP contribution in [-0.4, -0.2) is 35.9 Å². The molecule has 1 aromatic rings. The Hall–Kier alpha value is -1.88. The quantitative estimate of drug-likeness (QED) is 0.636. The number of hydrogen-bond donors (Lipinski definition) is 1. The number of likely N-dealkylation sites (tertiary alicyclic amines) is 1. The van der Waals surface area contributed by atoms with Crippen LogP contribution in [0.5, 0.6) is 0 Å². The third-order valence-electron chi connectivity index (χ3n) is 7.09. The molecule has 3 atom stereocenters. The first kappa shape index (κ1) is 21.4. The number of benzene rings is 1. The second kappa shape index (κ2) is 9.95. The van der Waals surface area contributed by atoms with E-state index in [9.17, 15) is 9.59 Å². The summed E-state index contributed by atoms with van der Waals surface area (Å²) in [6, 6.07) is 8.10. The summed E-state index contributed by atoms with van der Waals surface area (Å²) < 4.78 is 6.39. The first-order valence-electron chi connectivity index (χ1n) is 12.0. The summed E-state index contributed by atoms with van der Waals surface area (Å²) in [5.74, 6) is 1.14. The van der Waals surface area contributed by atoms with E-state index in [4.69, 9.17) is 4.74 Å². The van der Waals surface area contributed by atoms with Crippen LogP contribution in [-0.2, 0) is 14.3 Å². The smallest absolute Gasteiger partial charge is 0.225 e. The van der Waals surface area contributed by atoms with Crippen LogP contribution in [0.2, 0.25) is 0 Å². The predicted octanol–water partition coefficient (Wildman–Crippen LogP) is 5.07. The van der Waals surface area contributed by atoms with Gasteiger partial charge in [-0.3, -0.25) is 9.59 Å². The lowest BCUT2D eigenvalue weighted by Crippen LogP contribution is -2.46. The minimum Gasteiger partial charge on any atom is -0.370 e. The minimum atomic E-state index is 0.0541. The van der Waals surface area contributed by atoms with Crippen molar-refractivity contribution in [3.8, 4) is 0 Å². The van der Waals surface area contributed by atoms with Gasteiger partial charge >= 0.3 is 0 Å². The van der Waals surface area contributed by atoms with Crippen molar-refractivity contribution in [3.63, 3.8) is 0 Å². The first-order valence-corrected chi connectivity index (χ1v) is 12.0. The molecule has 1 aliphatic carbocycles. The number of unbranched alkanes of at least 4 members (excludes halogenated alkanes) is 2. The van der Waals surface area contributed by atoms with Crippen LogP contribution in [0.4, 0.5) is 5.69 Å². The largest absolute Gasteiger partial charge is 0.370 e. The lowest BCUT2D eigenvalue weighted by molar-refractivity contribution is -0.138. The lowest BCUT2D eigenvalue weighted by Gasteiger charge is -2.35. The highest BCUT2D eigenvalue weighted by molar-refractivity contribution is 5.90. The number of hydrogen-bond acceptors (Lipinski definition) is 3. The van der Waals surface area contributed by atoms with E-state index in [0.29, 0.717) is 18.2 Å². The van der Waals surface area contributed by atoms with Crippen molar-refractivity contribution in [3.05, 3.63) is 29.8 Å². The molecule has 2 heterocycles. The zero-order valence-electron chi connectivity index (χ0n) is 18.3. The van der Waals surface area contributed by atoms with E-state index in [1.54, 1.807) is 0 Å². The average molecular weight is 413 g/mol. The van der Waals surface area contributed by atoms with Crippen molar-refractivity contribution in [2.24, 2.45) is 11.8 Å². The average Bonchev–Trinajstić information content (AvgIpc) is 3.43. The fraction of sp³-hybridized carbons (Fsp3) is 0.680. The Morgan fingerprint density at radius 3 is 2.80 bits per heavy atom. The highest BCUT2D eigenvalue weighted by atomic mass is 16.5. The van der Waals surface area contributed by atoms with Gasteiger partial charge in [0.05, 0.1) is 12.2 Å². The van der Waals surface area contributed by atoms with E-state index >= 15 is 0 Å². The summed E-state index contributed by atoms with van der Waals surface area (Å²) in [6.07, 6.45) is 10.5. The van der Waals surface area contributed by atoms with Crippen LogP contribution >= 0.6 is 0 Å². The summed E-state index contributed by atoms with van der Waals surface area (Å²) >= 11 is 0. The van der Waals surface area contributed by atoms with Gasteiger partial charge in [0, 0.05) is 37.0 Å². The maximum atomic E-state index is 12.8. The maximum absolute atomic E-state index is 12.8. The molecule has 164 valence electrons. The van der Waals surface area contributed by atoms with Gasteiger partial charge in [0.2, 0.25) is 11.8 Å². The highest BCUT2D eigenvalue weighted by Crippen LogP contribution is 2.42. The van der Waals surface area contributed by atoms with Crippen LogP contribution in [0.1, 0.15) is 82.8 Å². The van der Waals surface area contributed by atoms with E-state index < -0.39 is 0 Å². The molecule has 1 saturated carbocycles. The molecule has 3 fully saturated rings. The molecule has 0 aromatic heterocycles. The Balaban J connectivity index is 1.33. The standard InChI is InChI=1S/C25H36N2O3/c1-2-3-4-12-24(28)26-21-11-7-10-19(15-21)23-16-20-17-27(14-13-22(20)30-23)25(29)18-8-5-6-9-18/h7,10-11,15,18,20,22-23H,2-6,8-9,12-14,16-17H2,1H3,(H,26,28). The molecular formula is C25H36N2O3. The number of piperidine rings is 1. The van der Waals surface area contributed by atoms with Gasteiger partial charge in [-0.15, -0.1) is 0 Å². The van der Waals surface area contributed by atoms with Crippen molar-refractivity contribution < 1.29 is 14.3 Å². The molecule has 4 rings (SSSR count). The number of fused-ring (bicyclic) bond motifs is 1. The first-order chi connectivity index (χ1) is 14.6. The second-order valence-electron chi connectivity index (χ2n) is 9.34. The van der Waals surface area contributed by atoms with Crippen molar-refractivity contribution in [1.29, 1.82) is 0 Å². The van der Waals surface area contributed by atoms with E-state index in [2.05, 4.69) is 29.3 Å². The van der Waals surface area contributed by atoms with Crippen LogP contribution in [0, 0.1) is 11.8 Å². The van der Waals surface area contributed by atoms with E-state index in [1.807, 2.05) is 12.1 Å². The molecule has 0 radical (unpaired) electrons. The SMILES string of the molecule is CCCCCC(=O)Nc1cccc(C2CC3CN(C(=O)C4CCCC4)CCC3O2)c1. The Kier molecular flexibility index (Phi) is 7.08. The number of carbonyl (C=O) groups is 2. The van der Waals surface area contributed by atoms with Crippen LogP contribution in [0.3, 0.4) is 0 Å². The molecule has 30 heavy (non-hydrogen) atoms. The van der Waals surface area contributed by atoms with Crippen molar-refractivity contribution in [1.82, 2.24) is 4.90 Å². The molecule has 3 unspecified atom stereocenters. The number of nitrogens with one attached hydrogen (secondary N) is 1. The van der Waals surface area contributed by atoms with Crippen LogP contribution < -0.4 is 5.32 Å². The molecule has 1 N–H and O–H groups in total. The molecule has 2 aliphatic heterocycles. The monoisotopic (exact) mass is 412 g/mol. The predicted molar refractivity (Wildman–Crippen MR) is 118 cm³/mol. The molecule has 5 heteroatoms. The third kappa shape index (κ3) is 5.05. The summed E-state index contributed by atoms with van der Waals surface area (Å²) in [5, 5.41) is 3.03. The third-order valence-corrected chi connectivity index (χ3v) is 7.09. The summed E-state index contributed by atoms with van der Waals surface area (Å²) in [7, 11) is 0. The Bertz CT molecular complexity index is 744. The van der Waals surface area contributed by atoms with Gasteiger partial charge in [0.25, 0.3) is 0 Å². The van der Waals surface area contributed by atoms with Gasteiger partial charge in [0.1, 0.15) is 0 Å². The van der Waals surface area contributed by atoms with Gasteiger partial charge in [0.15, 0.2) is 0 Å².